The van der Waals surface area contributed by atoms with Gasteiger partial charge in [-0.2, -0.15) is 9.36 Å². The van der Waals surface area contributed by atoms with Gasteiger partial charge in [0.25, 0.3) is 5.91 Å². The van der Waals surface area contributed by atoms with Gasteiger partial charge in [0, 0.05) is 17.1 Å². The maximum Gasteiger partial charge on any atom is 0.270 e. The first-order valence-corrected chi connectivity index (χ1v) is 8.15. The molecule has 6 nitrogen and oxygen atoms in total. The molecule has 0 unspecified atom stereocenters. The van der Waals surface area contributed by atoms with Crippen molar-refractivity contribution in [2.75, 3.05) is 11.9 Å². The fraction of sp³-hybridized carbons (Fsp3) is 0.118. The molecule has 4 rings (SSSR count). The number of anilines is 1. The van der Waals surface area contributed by atoms with Crippen LogP contribution in [0.15, 0.2) is 54.6 Å². The number of ether oxygens (including phenoxy) is 2. The fourth-order valence-electron chi connectivity index (χ4n) is 2.31. The number of para-hydroxylation sites is 2. The molecule has 120 valence electrons. The average molecular weight is 339 g/mol. The van der Waals surface area contributed by atoms with Gasteiger partial charge in [0.05, 0.1) is 0 Å². The van der Waals surface area contributed by atoms with E-state index in [0.717, 1.165) is 17.1 Å². The van der Waals surface area contributed by atoms with E-state index in [-0.39, 0.29) is 12.5 Å². The van der Waals surface area contributed by atoms with Gasteiger partial charge in [0.15, 0.2) is 17.3 Å². The molecule has 0 radical (unpaired) electrons. The summed E-state index contributed by atoms with van der Waals surface area (Å²) in [6.45, 7) is 0.160. The van der Waals surface area contributed by atoms with E-state index in [9.17, 15) is 4.79 Å². The summed E-state index contributed by atoms with van der Waals surface area (Å²) in [7, 11) is 0. The van der Waals surface area contributed by atoms with Crippen molar-refractivity contribution in [3.05, 3.63) is 54.6 Å². The van der Waals surface area contributed by atoms with Gasteiger partial charge in [-0.15, -0.1) is 0 Å². The number of carbonyl (C=O) groups is 1. The first-order valence-electron chi connectivity index (χ1n) is 7.38. The molecule has 7 heteroatoms. The average Bonchev–Trinajstić information content (AvgIpc) is 3.10. The maximum atomic E-state index is 12.3. The van der Waals surface area contributed by atoms with E-state index in [1.165, 1.54) is 0 Å². The number of benzene rings is 2. The lowest BCUT2D eigenvalue weighted by molar-refractivity contribution is -0.125. The van der Waals surface area contributed by atoms with Crippen LogP contribution >= 0.6 is 11.5 Å². The molecular weight excluding hydrogens is 326 g/mol. The van der Waals surface area contributed by atoms with Gasteiger partial charge in [-0.25, -0.2) is 0 Å². The van der Waals surface area contributed by atoms with Crippen molar-refractivity contribution in [2.45, 2.75) is 6.10 Å². The Morgan fingerprint density at radius 3 is 2.67 bits per heavy atom. The predicted molar refractivity (Wildman–Crippen MR) is 90.3 cm³/mol. The van der Waals surface area contributed by atoms with E-state index >= 15 is 0 Å². The third-order valence-electron chi connectivity index (χ3n) is 3.49. The molecule has 24 heavy (non-hydrogen) atoms. The van der Waals surface area contributed by atoms with Crippen molar-refractivity contribution >= 4 is 22.6 Å². The molecule has 2 heterocycles. The summed E-state index contributed by atoms with van der Waals surface area (Å²) in [5.41, 5.74) is 0.903. The Hall–Kier alpha value is -2.93. The summed E-state index contributed by atoms with van der Waals surface area (Å²) in [5.74, 6) is 1.48. The van der Waals surface area contributed by atoms with Gasteiger partial charge in [0.2, 0.25) is 11.2 Å². The van der Waals surface area contributed by atoms with Crippen LogP contribution in [0.3, 0.4) is 0 Å². The molecule has 3 aromatic rings. The molecule has 0 saturated heterocycles. The van der Waals surface area contributed by atoms with E-state index in [1.54, 1.807) is 12.1 Å². The topological polar surface area (TPSA) is 73.3 Å². The molecule has 0 fully saturated rings. The molecule has 0 spiro atoms. The second-order valence-corrected chi connectivity index (χ2v) is 5.89. The first kappa shape index (κ1) is 14.6. The van der Waals surface area contributed by atoms with Crippen molar-refractivity contribution in [3.63, 3.8) is 0 Å². The number of nitrogens with one attached hydrogen (secondary N) is 1. The SMILES string of the molecule is O=C(Nc1nc(-c2ccccc2)ns1)[C@H]1COc2ccccc2O1. The maximum absolute atomic E-state index is 12.3. The number of nitrogens with zero attached hydrogens (tertiary/aromatic N) is 2. The van der Waals surface area contributed by atoms with E-state index < -0.39 is 6.10 Å². The molecule has 1 atom stereocenters. The lowest BCUT2D eigenvalue weighted by atomic mass is 10.2. The molecule has 1 aliphatic heterocycles. The first-order chi connectivity index (χ1) is 11.8. The van der Waals surface area contributed by atoms with Crippen molar-refractivity contribution in [3.8, 4) is 22.9 Å². The second-order valence-electron chi connectivity index (χ2n) is 5.14. The van der Waals surface area contributed by atoms with Crippen LogP contribution in [0, 0.1) is 0 Å². The van der Waals surface area contributed by atoms with E-state index in [0.29, 0.717) is 22.5 Å². The summed E-state index contributed by atoms with van der Waals surface area (Å²) in [5, 5.41) is 3.17. The van der Waals surface area contributed by atoms with Crippen LogP contribution in [0.1, 0.15) is 0 Å². The standard InChI is InChI=1S/C17H13N3O3S/c21-16(14-10-22-12-8-4-5-9-13(12)23-14)19-17-18-15(20-24-17)11-6-2-1-3-7-11/h1-9,14H,10H2,(H,18,19,20,21)/t14-/m1/s1. The van der Waals surface area contributed by atoms with Gasteiger partial charge in [0.1, 0.15) is 6.61 Å². The zero-order valence-corrected chi connectivity index (χ0v) is 13.3. The van der Waals surface area contributed by atoms with Crippen LogP contribution in [0.2, 0.25) is 0 Å². The highest BCUT2D eigenvalue weighted by molar-refractivity contribution is 7.10. The largest absolute Gasteiger partial charge is 0.485 e. The molecule has 2 aromatic carbocycles. The fourth-order valence-corrected chi connectivity index (χ4v) is 2.91. The Balaban J connectivity index is 1.45. The predicted octanol–water partition coefficient (Wildman–Crippen LogP) is 2.98. The summed E-state index contributed by atoms with van der Waals surface area (Å²) in [6, 6.07) is 16.9. The number of aromatic nitrogens is 2. The Kier molecular flexibility index (Phi) is 3.84. The van der Waals surface area contributed by atoms with Crippen LogP contribution in [-0.4, -0.2) is 28.0 Å². The lowest BCUT2D eigenvalue weighted by Gasteiger charge is -2.25. The number of carbonyl (C=O) groups excluding carboxylic acids is 1. The summed E-state index contributed by atoms with van der Waals surface area (Å²) >= 11 is 1.13. The number of hydrogen-bond acceptors (Lipinski definition) is 6. The van der Waals surface area contributed by atoms with E-state index in [4.69, 9.17) is 9.47 Å². The van der Waals surface area contributed by atoms with Gasteiger partial charge >= 0.3 is 0 Å². The van der Waals surface area contributed by atoms with Crippen molar-refractivity contribution in [1.29, 1.82) is 0 Å². The highest BCUT2D eigenvalue weighted by Crippen LogP contribution is 2.31. The number of rotatable bonds is 3. The highest BCUT2D eigenvalue weighted by atomic mass is 32.1. The van der Waals surface area contributed by atoms with Gasteiger partial charge in [-0.05, 0) is 12.1 Å². The number of hydrogen-bond donors (Lipinski definition) is 1. The molecule has 1 N–H and O–H groups in total. The number of fused-ring (bicyclic) bond motifs is 1. The Morgan fingerprint density at radius 2 is 1.83 bits per heavy atom. The minimum absolute atomic E-state index is 0.160. The summed E-state index contributed by atoms with van der Waals surface area (Å²) in [4.78, 5) is 16.7. The minimum Gasteiger partial charge on any atom is -0.485 e. The van der Waals surface area contributed by atoms with Crippen LogP contribution in [-0.2, 0) is 4.79 Å². The molecule has 1 amide bonds. The minimum atomic E-state index is -0.719. The van der Waals surface area contributed by atoms with Crippen molar-refractivity contribution < 1.29 is 14.3 Å². The van der Waals surface area contributed by atoms with Crippen LogP contribution < -0.4 is 14.8 Å². The Bertz CT molecular complexity index is 866. The quantitative estimate of drug-likeness (QED) is 0.794. The van der Waals surface area contributed by atoms with Gasteiger partial charge in [-0.3, -0.25) is 10.1 Å². The molecular formula is C17H13N3O3S. The third-order valence-corrected chi connectivity index (χ3v) is 4.12. The highest BCUT2D eigenvalue weighted by Gasteiger charge is 2.28. The summed E-state index contributed by atoms with van der Waals surface area (Å²) in [6.07, 6.45) is -0.719. The second kappa shape index (κ2) is 6.29. The third kappa shape index (κ3) is 2.93. The Labute approximate surface area is 142 Å². The zero-order chi connectivity index (χ0) is 16.4. The van der Waals surface area contributed by atoms with Crippen LogP contribution in [0.4, 0.5) is 5.13 Å². The normalized spacial score (nSPS) is 15.8. The molecule has 1 aliphatic rings. The van der Waals surface area contributed by atoms with Crippen molar-refractivity contribution in [1.82, 2.24) is 9.36 Å². The molecule has 1 aromatic heterocycles. The van der Waals surface area contributed by atoms with Crippen LogP contribution in [0.25, 0.3) is 11.4 Å². The van der Waals surface area contributed by atoms with E-state index in [1.807, 2.05) is 42.5 Å². The molecule has 0 bridgehead atoms. The lowest BCUT2D eigenvalue weighted by Crippen LogP contribution is -2.40. The molecule has 0 saturated carbocycles. The Morgan fingerprint density at radius 1 is 1.08 bits per heavy atom. The van der Waals surface area contributed by atoms with E-state index in [2.05, 4.69) is 14.7 Å². The molecule has 0 aliphatic carbocycles. The smallest absolute Gasteiger partial charge is 0.270 e. The van der Waals surface area contributed by atoms with Crippen molar-refractivity contribution in [2.24, 2.45) is 0 Å². The zero-order valence-electron chi connectivity index (χ0n) is 12.5. The number of amides is 1. The van der Waals surface area contributed by atoms with Gasteiger partial charge < -0.3 is 9.47 Å². The van der Waals surface area contributed by atoms with Crippen LogP contribution in [0.5, 0.6) is 11.5 Å². The monoisotopic (exact) mass is 339 g/mol. The van der Waals surface area contributed by atoms with Gasteiger partial charge in [-0.1, -0.05) is 42.5 Å². The summed E-state index contributed by atoms with van der Waals surface area (Å²) < 4.78 is 15.5.